The molecule has 0 radical (unpaired) electrons. The molecule has 0 aliphatic heterocycles. The molecule has 0 unspecified atom stereocenters. The fourth-order valence-electron chi connectivity index (χ4n) is 2.51. The zero-order valence-electron chi connectivity index (χ0n) is 12.8. The first kappa shape index (κ1) is 15.0. The molecule has 2 aromatic rings. The zero-order chi connectivity index (χ0) is 14.6. The van der Waals surface area contributed by atoms with Gasteiger partial charge in [0.25, 0.3) is 0 Å². The molecule has 2 N–H and O–H groups in total. The van der Waals surface area contributed by atoms with E-state index in [1.165, 1.54) is 11.1 Å². The van der Waals surface area contributed by atoms with Gasteiger partial charge in [0.1, 0.15) is 0 Å². The summed E-state index contributed by atoms with van der Waals surface area (Å²) >= 11 is 0. The van der Waals surface area contributed by atoms with Gasteiger partial charge in [-0.1, -0.05) is 80.3 Å². The number of hydrogen-bond acceptors (Lipinski definition) is 1. The van der Waals surface area contributed by atoms with Crippen molar-refractivity contribution in [1.29, 1.82) is 0 Å². The molecule has 2 aromatic carbocycles. The molecule has 0 amide bonds. The van der Waals surface area contributed by atoms with Gasteiger partial charge in [0.05, 0.1) is 8.07 Å². The highest BCUT2D eigenvalue weighted by Crippen LogP contribution is 2.27. The van der Waals surface area contributed by atoms with Crippen LogP contribution in [-0.2, 0) is 12.8 Å². The first-order valence-electron chi connectivity index (χ1n) is 7.27. The Kier molecular flexibility index (Phi) is 4.46. The van der Waals surface area contributed by atoms with Crippen LogP contribution >= 0.6 is 0 Å². The summed E-state index contributed by atoms with van der Waals surface area (Å²) in [5.41, 5.74) is 9.58. The van der Waals surface area contributed by atoms with Crippen molar-refractivity contribution in [3.05, 3.63) is 71.8 Å². The smallest absolute Gasteiger partial charge is 0.0680 e. The van der Waals surface area contributed by atoms with Crippen molar-refractivity contribution in [3.63, 3.8) is 0 Å². The quantitative estimate of drug-likeness (QED) is 0.823. The van der Waals surface area contributed by atoms with E-state index < -0.39 is 8.07 Å². The summed E-state index contributed by atoms with van der Waals surface area (Å²) in [5.74, 6) is 0. The van der Waals surface area contributed by atoms with Crippen LogP contribution in [0.25, 0.3) is 0 Å². The number of nitrogens with two attached hydrogens (primary N) is 1. The standard InChI is InChI=1S/C18H25NSi/c1-20(2,3)18(19,14-16-10-6-4-7-11-16)15-17-12-8-5-9-13-17/h4-13H,14-15,19H2,1-3H3. The lowest BCUT2D eigenvalue weighted by Gasteiger charge is -2.41. The van der Waals surface area contributed by atoms with Crippen molar-refractivity contribution < 1.29 is 0 Å². The van der Waals surface area contributed by atoms with E-state index in [1.54, 1.807) is 0 Å². The van der Waals surface area contributed by atoms with Crippen LogP contribution in [0.15, 0.2) is 60.7 Å². The maximum atomic E-state index is 6.90. The van der Waals surface area contributed by atoms with E-state index >= 15 is 0 Å². The maximum Gasteiger partial charge on any atom is 0.0680 e. The Labute approximate surface area is 123 Å². The molecule has 0 bridgehead atoms. The molecule has 0 saturated carbocycles. The summed E-state index contributed by atoms with van der Waals surface area (Å²) in [7, 11) is -1.50. The molecule has 0 heterocycles. The molecule has 106 valence electrons. The normalized spacial score (nSPS) is 12.4. The van der Waals surface area contributed by atoms with E-state index in [2.05, 4.69) is 80.3 Å². The zero-order valence-corrected chi connectivity index (χ0v) is 13.8. The SMILES string of the molecule is C[Si](C)(C)C(N)(Cc1ccccc1)Cc1ccccc1. The van der Waals surface area contributed by atoms with Crippen LogP contribution in [0, 0.1) is 0 Å². The van der Waals surface area contributed by atoms with Crippen LogP contribution in [0.5, 0.6) is 0 Å². The van der Waals surface area contributed by atoms with Crippen LogP contribution in [0.4, 0.5) is 0 Å². The lowest BCUT2D eigenvalue weighted by Crippen LogP contribution is -2.62. The van der Waals surface area contributed by atoms with Crippen LogP contribution in [0.1, 0.15) is 11.1 Å². The molecule has 0 spiro atoms. The van der Waals surface area contributed by atoms with E-state index in [1.807, 2.05) is 0 Å². The predicted molar refractivity (Wildman–Crippen MR) is 90.6 cm³/mol. The van der Waals surface area contributed by atoms with Crippen LogP contribution in [0.2, 0.25) is 19.6 Å². The molecule has 0 aromatic heterocycles. The van der Waals surface area contributed by atoms with Crippen molar-refractivity contribution in [3.8, 4) is 0 Å². The summed E-state index contributed by atoms with van der Waals surface area (Å²) in [6.45, 7) is 7.12. The Morgan fingerprint density at radius 1 is 0.750 bits per heavy atom. The topological polar surface area (TPSA) is 26.0 Å². The summed E-state index contributed by atoms with van der Waals surface area (Å²) in [6, 6.07) is 21.3. The second-order valence-electron chi connectivity index (χ2n) is 6.73. The third-order valence-corrected chi connectivity index (χ3v) is 7.56. The molecule has 20 heavy (non-hydrogen) atoms. The lowest BCUT2D eigenvalue weighted by atomic mass is 9.99. The third-order valence-electron chi connectivity index (χ3n) is 4.22. The van der Waals surface area contributed by atoms with Crippen molar-refractivity contribution in [2.75, 3.05) is 0 Å². The fraction of sp³-hybridized carbons (Fsp3) is 0.333. The monoisotopic (exact) mass is 283 g/mol. The Morgan fingerprint density at radius 3 is 1.40 bits per heavy atom. The Morgan fingerprint density at radius 2 is 1.10 bits per heavy atom. The van der Waals surface area contributed by atoms with Gasteiger partial charge in [0.15, 0.2) is 0 Å². The number of hydrogen-bond donors (Lipinski definition) is 1. The van der Waals surface area contributed by atoms with Crippen molar-refractivity contribution >= 4 is 8.07 Å². The second-order valence-corrected chi connectivity index (χ2v) is 12.2. The van der Waals surface area contributed by atoms with E-state index in [9.17, 15) is 0 Å². The van der Waals surface area contributed by atoms with E-state index in [-0.39, 0.29) is 5.16 Å². The minimum atomic E-state index is -1.50. The first-order chi connectivity index (χ1) is 9.41. The average molecular weight is 283 g/mol. The molecule has 0 fully saturated rings. The summed E-state index contributed by atoms with van der Waals surface area (Å²) in [6.07, 6.45) is 1.91. The molecule has 2 heteroatoms. The Hall–Kier alpha value is -1.38. The highest BCUT2D eigenvalue weighted by atomic mass is 28.3. The van der Waals surface area contributed by atoms with Gasteiger partial charge >= 0.3 is 0 Å². The molecule has 0 saturated heterocycles. The van der Waals surface area contributed by atoms with Crippen molar-refractivity contribution in [2.24, 2.45) is 5.73 Å². The minimum absolute atomic E-state index is 0.115. The van der Waals surface area contributed by atoms with Crippen molar-refractivity contribution in [1.82, 2.24) is 0 Å². The Balaban J connectivity index is 2.27. The van der Waals surface area contributed by atoms with Gasteiger partial charge in [-0.3, -0.25) is 0 Å². The highest BCUT2D eigenvalue weighted by molar-refractivity contribution is 6.79. The average Bonchev–Trinajstić information content (AvgIpc) is 2.39. The summed E-state index contributed by atoms with van der Waals surface area (Å²) in [4.78, 5) is 0. The molecule has 0 aliphatic rings. The van der Waals surface area contributed by atoms with Crippen LogP contribution in [-0.4, -0.2) is 13.2 Å². The molecule has 1 nitrogen and oxygen atoms in total. The van der Waals surface area contributed by atoms with Crippen LogP contribution < -0.4 is 5.73 Å². The van der Waals surface area contributed by atoms with E-state index in [4.69, 9.17) is 5.73 Å². The predicted octanol–water partition coefficient (Wildman–Crippen LogP) is 4.05. The Bertz CT molecular complexity index is 487. The van der Waals surface area contributed by atoms with Gasteiger partial charge in [0, 0.05) is 5.16 Å². The number of rotatable bonds is 5. The van der Waals surface area contributed by atoms with Crippen molar-refractivity contribution in [2.45, 2.75) is 37.6 Å². The van der Waals surface area contributed by atoms with Gasteiger partial charge in [-0.05, 0) is 24.0 Å². The molecular weight excluding hydrogens is 258 g/mol. The van der Waals surface area contributed by atoms with Gasteiger partial charge in [-0.2, -0.15) is 0 Å². The van der Waals surface area contributed by atoms with Crippen LogP contribution in [0.3, 0.4) is 0 Å². The maximum absolute atomic E-state index is 6.90. The molecular formula is C18H25NSi. The minimum Gasteiger partial charge on any atom is -0.327 e. The lowest BCUT2D eigenvalue weighted by molar-refractivity contribution is 0.561. The number of benzene rings is 2. The third kappa shape index (κ3) is 3.59. The second kappa shape index (κ2) is 5.94. The van der Waals surface area contributed by atoms with Gasteiger partial charge < -0.3 is 5.73 Å². The van der Waals surface area contributed by atoms with Gasteiger partial charge in [-0.25, -0.2) is 0 Å². The van der Waals surface area contributed by atoms with E-state index in [0.29, 0.717) is 0 Å². The summed E-state index contributed by atoms with van der Waals surface area (Å²) < 4.78 is 0. The first-order valence-corrected chi connectivity index (χ1v) is 10.8. The summed E-state index contributed by atoms with van der Waals surface area (Å²) in [5, 5.41) is -0.115. The molecule has 0 atom stereocenters. The fourth-order valence-corrected chi connectivity index (χ4v) is 3.98. The molecule has 0 aliphatic carbocycles. The largest absolute Gasteiger partial charge is 0.327 e. The van der Waals surface area contributed by atoms with Gasteiger partial charge in [0.2, 0.25) is 0 Å². The molecule has 2 rings (SSSR count). The van der Waals surface area contributed by atoms with Gasteiger partial charge in [-0.15, -0.1) is 0 Å². The van der Waals surface area contributed by atoms with E-state index in [0.717, 1.165) is 12.8 Å². The highest BCUT2D eigenvalue weighted by Gasteiger charge is 2.39.